The van der Waals surface area contributed by atoms with Gasteiger partial charge in [-0.05, 0) is 12.1 Å². The third kappa shape index (κ3) is 3.66. The second kappa shape index (κ2) is 5.30. The van der Waals surface area contributed by atoms with Crippen molar-refractivity contribution < 1.29 is 10.2 Å². The lowest BCUT2D eigenvalue weighted by Crippen LogP contribution is -2.38. The van der Waals surface area contributed by atoms with Crippen LogP contribution in [0.1, 0.15) is 19.5 Å². The minimum atomic E-state index is -0.676. The summed E-state index contributed by atoms with van der Waals surface area (Å²) in [6.07, 6.45) is 1.23. The molecule has 0 aliphatic rings. The van der Waals surface area contributed by atoms with Crippen LogP contribution in [-0.2, 0) is 5.41 Å². The van der Waals surface area contributed by atoms with Crippen molar-refractivity contribution >= 4 is 0 Å². The van der Waals surface area contributed by atoms with Gasteiger partial charge in [0, 0.05) is 30.4 Å². The zero-order valence-corrected chi connectivity index (χ0v) is 9.33. The third-order valence-electron chi connectivity index (χ3n) is 2.48. The van der Waals surface area contributed by atoms with Crippen molar-refractivity contribution in [1.82, 2.24) is 10.3 Å². The van der Waals surface area contributed by atoms with Crippen LogP contribution in [0.15, 0.2) is 18.3 Å². The van der Waals surface area contributed by atoms with Crippen LogP contribution >= 0.6 is 0 Å². The van der Waals surface area contributed by atoms with Gasteiger partial charge in [0.05, 0.1) is 12.7 Å². The molecule has 0 aliphatic heterocycles. The van der Waals surface area contributed by atoms with E-state index >= 15 is 0 Å². The number of aliphatic hydroxyl groups excluding tert-OH is 2. The Morgan fingerprint density at radius 1 is 1.53 bits per heavy atom. The molecule has 4 N–H and O–H groups in total. The van der Waals surface area contributed by atoms with E-state index in [0.29, 0.717) is 6.54 Å². The lowest BCUT2D eigenvalue weighted by Gasteiger charge is -2.24. The van der Waals surface area contributed by atoms with Crippen molar-refractivity contribution in [3.8, 4) is 0 Å². The molecule has 0 amide bonds. The van der Waals surface area contributed by atoms with E-state index in [2.05, 4.69) is 24.1 Å². The Kier molecular flexibility index (Phi) is 4.32. The normalized spacial score (nSPS) is 14.1. The first-order valence-corrected chi connectivity index (χ1v) is 5.20. The van der Waals surface area contributed by atoms with E-state index in [4.69, 9.17) is 10.2 Å². The van der Waals surface area contributed by atoms with Gasteiger partial charge < -0.3 is 20.5 Å². The summed E-state index contributed by atoms with van der Waals surface area (Å²) in [7, 11) is 0. The van der Waals surface area contributed by atoms with Gasteiger partial charge >= 0.3 is 0 Å². The molecule has 4 heteroatoms. The van der Waals surface area contributed by atoms with E-state index in [1.165, 1.54) is 0 Å². The molecule has 0 bridgehead atoms. The summed E-state index contributed by atoms with van der Waals surface area (Å²) in [5.41, 5.74) is 1.16. The summed E-state index contributed by atoms with van der Waals surface area (Å²) in [4.78, 5) is 3.18. The molecule has 1 aromatic rings. The van der Waals surface area contributed by atoms with Gasteiger partial charge in [0.1, 0.15) is 0 Å². The summed E-state index contributed by atoms with van der Waals surface area (Å²) in [6.45, 7) is 5.22. The predicted octanol–water partition coefficient (Wildman–Crippen LogP) is 0.235. The van der Waals surface area contributed by atoms with Gasteiger partial charge in [0.25, 0.3) is 0 Å². The van der Waals surface area contributed by atoms with Gasteiger partial charge in [0.15, 0.2) is 0 Å². The first-order chi connectivity index (χ1) is 7.06. The lowest BCUT2D eigenvalue weighted by molar-refractivity contribution is 0.0934. The van der Waals surface area contributed by atoms with E-state index in [0.717, 1.165) is 12.2 Å². The topological polar surface area (TPSA) is 68.3 Å². The summed E-state index contributed by atoms with van der Waals surface area (Å²) in [5.74, 6) is 0. The van der Waals surface area contributed by atoms with Gasteiger partial charge in [-0.3, -0.25) is 0 Å². The molecule has 0 radical (unpaired) electrons. The van der Waals surface area contributed by atoms with Crippen molar-refractivity contribution in [1.29, 1.82) is 0 Å². The molecule has 1 heterocycles. The SMILES string of the molecule is CC(C)(CNCC(O)CO)c1ccc[nH]1. The maximum Gasteiger partial charge on any atom is 0.0894 e. The number of nitrogens with one attached hydrogen (secondary N) is 2. The molecule has 0 spiro atoms. The minimum Gasteiger partial charge on any atom is -0.394 e. The highest BCUT2D eigenvalue weighted by Crippen LogP contribution is 2.19. The maximum absolute atomic E-state index is 9.17. The van der Waals surface area contributed by atoms with Crippen LogP contribution in [-0.4, -0.2) is 41.0 Å². The second-order valence-electron chi connectivity index (χ2n) is 4.43. The Morgan fingerprint density at radius 2 is 2.27 bits per heavy atom. The molecule has 1 unspecified atom stereocenters. The molecule has 0 aromatic carbocycles. The molecule has 1 rings (SSSR count). The molecule has 1 aromatic heterocycles. The summed E-state index contributed by atoms with van der Waals surface area (Å²) in [6, 6.07) is 4.02. The Morgan fingerprint density at radius 3 is 2.80 bits per heavy atom. The molecule has 0 aliphatic carbocycles. The van der Waals surface area contributed by atoms with Crippen LogP contribution in [0.2, 0.25) is 0 Å². The molecule has 4 nitrogen and oxygen atoms in total. The maximum atomic E-state index is 9.17. The number of aromatic nitrogens is 1. The quantitative estimate of drug-likeness (QED) is 0.546. The van der Waals surface area contributed by atoms with E-state index < -0.39 is 6.10 Å². The monoisotopic (exact) mass is 212 g/mol. The number of hydrogen-bond acceptors (Lipinski definition) is 3. The van der Waals surface area contributed by atoms with Crippen molar-refractivity contribution in [2.75, 3.05) is 19.7 Å². The van der Waals surface area contributed by atoms with Crippen molar-refractivity contribution in [2.45, 2.75) is 25.4 Å². The molecule has 0 saturated carbocycles. The van der Waals surface area contributed by atoms with E-state index in [9.17, 15) is 0 Å². The standard InChI is InChI=1S/C11H20N2O2/c1-11(2,10-4-3-5-13-10)8-12-6-9(15)7-14/h3-5,9,12-15H,6-8H2,1-2H3. The highest BCUT2D eigenvalue weighted by molar-refractivity contribution is 5.15. The first kappa shape index (κ1) is 12.2. The van der Waals surface area contributed by atoms with E-state index in [1.54, 1.807) is 0 Å². The average molecular weight is 212 g/mol. The van der Waals surface area contributed by atoms with Crippen LogP contribution in [0.3, 0.4) is 0 Å². The molecule has 0 saturated heterocycles. The van der Waals surface area contributed by atoms with E-state index in [1.807, 2.05) is 18.3 Å². The highest BCUT2D eigenvalue weighted by atomic mass is 16.3. The minimum absolute atomic E-state index is 0.00131. The molecular weight excluding hydrogens is 192 g/mol. The van der Waals surface area contributed by atoms with Crippen molar-refractivity contribution in [2.24, 2.45) is 0 Å². The molecule has 86 valence electrons. The fourth-order valence-corrected chi connectivity index (χ4v) is 1.46. The van der Waals surface area contributed by atoms with Gasteiger partial charge in [-0.25, -0.2) is 0 Å². The zero-order chi connectivity index (χ0) is 11.3. The Bertz CT molecular complexity index is 270. The number of hydrogen-bond donors (Lipinski definition) is 4. The second-order valence-corrected chi connectivity index (χ2v) is 4.43. The van der Waals surface area contributed by atoms with E-state index in [-0.39, 0.29) is 12.0 Å². The fraction of sp³-hybridized carbons (Fsp3) is 0.636. The summed E-state index contributed by atoms with van der Waals surface area (Å²) in [5, 5.41) is 21.0. The van der Waals surface area contributed by atoms with Crippen LogP contribution in [0.4, 0.5) is 0 Å². The molecule has 1 atom stereocenters. The average Bonchev–Trinajstić information content (AvgIpc) is 2.70. The fourth-order valence-electron chi connectivity index (χ4n) is 1.46. The van der Waals surface area contributed by atoms with Crippen LogP contribution in [0.25, 0.3) is 0 Å². The smallest absolute Gasteiger partial charge is 0.0894 e. The van der Waals surface area contributed by atoms with Gasteiger partial charge in [0.2, 0.25) is 0 Å². The van der Waals surface area contributed by atoms with Gasteiger partial charge in [-0.1, -0.05) is 13.8 Å². The highest BCUT2D eigenvalue weighted by Gasteiger charge is 2.21. The number of H-pyrrole nitrogens is 1. The molecular formula is C11H20N2O2. The Hall–Kier alpha value is -0.840. The van der Waals surface area contributed by atoms with Crippen LogP contribution in [0, 0.1) is 0 Å². The lowest BCUT2D eigenvalue weighted by atomic mass is 9.89. The largest absolute Gasteiger partial charge is 0.394 e. The predicted molar refractivity (Wildman–Crippen MR) is 59.8 cm³/mol. The number of aromatic amines is 1. The Labute approximate surface area is 90.3 Å². The zero-order valence-electron chi connectivity index (χ0n) is 9.33. The third-order valence-corrected chi connectivity index (χ3v) is 2.48. The Balaban J connectivity index is 2.37. The van der Waals surface area contributed by atoms with Crippen LogP contribution in [0.5, 0.6) is 0 Å². The van der Waals surface area contributed by atoms with Gasteiger partial charge in [-0.15, -0.1) is 0 Å². The van der Waals surface area contributed by atoms with Crippen LogP contribution < -0.4 is 5.32 Å². The van der Waals surface area contributed by atoms with Crippen molar-refractivity contribution in [3.63, 3.8) is 0 Å². The number of rotatable bonds is 6. The molecule has 0 fully saturated rings. The van der Waals surface area contributed by atoms with Crippen molar-refractivity contribution in [3.05, 3.63) is 24.0 Å². The first-order valence-electron chi connectivity index (χ1n) is 5.20. The van der Waals surface area contributed by atoms with Gasteiger partial charge in [-0.2, -0.15) is 0 Å². The molecule has 15 heavy (non-hydrogen) atoms. The summed E-state index contributed by atoms with van der Waals surface area (Å²) < 4.78 is 0. The number of aliphatic hydroxyl groups is 2. The summed E-state index contributed by atoms with van der Waals surface area (Å²) >= 11 is 0.